The van der Waals surface area contributed by atoms with Crippen molar-refractivity contribution in [2.45, 2.75) is 81.0 Å². The van der Waals surface area contributed by atoms with E-state index in [0.29, 0.717) is 0 Å². The van der Waals surface area contributed by atoms with Crippen LogP contribution in [-0.4, -0.2) is 47.9 Å². The van der Waals surface area contributed by atoms with Crippen molar-refractivity contribution in [1.82, 2.24) is 0 Å². The lowest BCUT2D eigenvalue weighted by Crippen LogP contribution is -2.73. The van der Waals surface area contributed by atoms with Crippen molar-refractivity contribution in [1.29, 1.82) is 0 Å². The Morgan fingerprint density at radius 1 is 0.588 bits per heavy atom. The van der Waals surface area contributed by atoms with E-state index in [2.05, 4.69) is 0 Å². The molecule has 2 saturated carbocycles. The molecular weight excluding hydrogens is 520 g/mol. The van der Waals surface area contributed by atoms with E-state index in [0.717, 1.165) is 0 Å². The van der Waals surface area contributed by atoms with Gasteiger partial charge >= 0.3 is 47.9 Å². The van der Waals surface area contributed by atoms with Gasteiger partial charge in [-0.25, -0.2) is 8.78 Å². The quantitative estimate of drug-likeness (QED) is 0.261. The van der Waals surface area contributed by atoms with Gasteiger partial charge in [-0.15, -0.1) is 0 Å². The van der Waals surface area contributed by atoms with E-state index >= 15 is 0 Å². The van der Waals surface area contributed by atoms with Gasteiger partial charge in [0.2, 0.25) is 0 Å². The summed E-state index contributed by atoms with van der Waals surface area (Å²) in [7, 11) is 0. The van der Waals surface area contributed by atoms with E-state index in [9.17, 15) is 70.2 Å². The summed E-state index contributed by atoms with van der Waals surface area (Å²) < 4.78 is 215. The summed E-state index contributed by atoms with van der Waals surface area (Å²) in [6, 6.07) is 0. The molecule has 0 N–H and O–H groups in total. The first-order chi connectivity index (χ1) is 14.8. The van der Waals surface area contributed by atoms with E-state index in [1.807, 2.05) is 0 Å². The monoisotopic (exact) mass is 538 g/mol. The van der Waals surface area contributed by atoms with E-state index in [1.165, 1.54) is 6.92 Å². The van der Waals surface area contributed by atoms with Crippen LogP contribution < -0.4 is 0 Å². The van der Waals surface area contributed by atoms with Crippen LogP contribution in [0.25, 0.3) is 0 Å². The highest BCUT2D eigenvalue weighted by molar-refractivity contribution is 5.15. The zero-order valence-electron chi connectivity index (χ0n) is 17.1. The highest BCUT2D eigenvalue weighted by Gasteiger charge is 2.93. The first kappa shape index (κ1) is 29.1. The van der Waals surface area contributed by atoms with Gasteiger partial charge in [0.15, 0.2) is 0 Å². The molecule has 5 atom stereocenters. The van der Waals surface area contributed by atoms with E-state index in [-0.39, 0.29) is 30.6 Å². The van der Waals surface area contributed by atoms with Crippen LogP contribution in [0.5, 0.6) is 0 Å². The van der Waals surface area contributed by atoms with Crippen LogP contribution in [0.3, 0.4) is 0 Å². The van der Waals surface area contributed by atoms with E-state index < -0.39 is 66.1 Å². The van der Waals surface area contributed by atoms with Crippen LogP contribution in [0.1, 0.15) is 33.1 Å². The molecule has 0 aromatic heterocycles. The minimum absolute atomic E-state index is 0.0708. The molecule has 2 bridgehead atoms. The summed E-state index contributed by atoms with van der Waals surface area (Å²) in [6.07, 6.45) is -8.03. The van der Waals surface area contributed by atoms with E-state index in [4.69, 9.17) is 0 Å². The molecule has 0 radical (unpaired) electrons. The molecule has 0 aliphatic heterocycles. The maximum atomic E-state index is 14.2. The van der Waals surface area contributed by atoms with Gasteiger partial charge in [-0.2, -0.15) is 61.5 Å². The zero-order chi connectivity index (χ0) is 27.1. The third-order valence-corrected chi connectivity index (χ3v) is 7.28. The third kappa shape index (κ3) is 3.57. The van der Waals surface area contributed by atoms with Gasteiger partial charge in [0.1, 0.15) is 0 Å². The molecule has 202 valence electrons. The van der Waals surface area contributed by atoms with Crippen LogP contribution in [-0.2, 0) is 0 Å². The molecule has 0 aromatic rings. The topological polar surface area (TPSA) is 0 Å². The Hall–Kier alpha value is -1.12. The predicted octanol–water partition coefficient (Wildman–Crippen LogP) is 8.02. The minimum Gasteiger partial charge on any atom is -0.203 e. The molecule has 5 unspecified atom stereocenters. The summed E-state index contributed by atoms with van der Waals surface area (Å²) in [5.74, 6) is -56.7. The lowest BCUT2D eigenvalue weighted by molar-refractivity contribution is -0.447. The molecule has 2 fully saturated rings. The molecule has 0 nitrogen and oxygen atoms in total. The standard InChI is InChI=1S/C18H18F16/c1-6-7(2)10-4-8(6)3-9(10)5-12(21,22)14(25,26)16(29,30)18(33,34)17(31,32)15(27,28)13(23,24)11(19)20/h6-11H,3-5H2,1-2H3. The number of hydrogen-bond donors (Lipinski definition) is 0. The van der Waals surface area contributed by atoms with Crippen molar-refractivity contribution >= 4 is 0 Å². The zero-order valence-corrected chi connectivity index (χ0v) is 17.1. The second-order valence-electron chi connectivity index (χ2n) is 9.08. The lowest BCUT2D eigenvalue weighted by Gasteiger charge is -2.43. The van der Waals surface area contributed by atoms with Crippen molar-refractivity contribution < 1.29 is 70.2 Å². The summed E-state index contributed by atoms with van der Waals surface area (Å²) >= 11 is 0. The van der Waals surface area contributed by atoms with Crippen LogP contribution >= 0.6 is 0 Å². The second kappa shape index (κ2) is 7.94. The van der Waals surface area contributed by atoms with Crippen LogP contribution in [0.15, 0.2) is 0 Å². The Kier molecular flexibility index (Phi) is 6.80. The maximum absolute atomic E-state index is 14.2. The molecule has 0 heterocycles. The fourth-order valence-electron chi connectivity index (χ4n) is 4.95. The van der Waals surface area contributed by atoms with Crippen molar-refractivity contribution in [2.75, 3.05) is 0 Å². The molecule has 2 aliphatic rings. The minimum atomic E-state index is -8.31. The summed E-state index contributed by atoms with van der Waals surface area (Å²) in [6.45, 7) is 3.23. The number of rotatable bonds is 9. The summed E-state index contributed by atoms with van der Waals surface area (Å²) in [5.41, 5.74) is 0. The van der Waals surface area contributed by atoms with Crippen LogP contribution in [0.2, 0.25) is 0 Å². The first-order valence-electron chi connectivity index (χ1n) is 9.75. The predicted molar refractivity (Wildman–Crippen MR) is 83.3 cm³/mol. The molecule has 34 heavy (non-hydrogen) atoms. The lowest BCUT2D eigenvalue weighted by atomic mass is 9.73. The van der Waals surface area contributed by atoms with Gasteiger partial charge in [-0.3, -0.25) is 0 Å². The Morgan fingerprint density at radius 3 is 1.38 bits per heavy atom. The van der Waals surface area contributed by atoms with Gasteiger partial charge in [0.25, 0.3) is 0 Å². The van der Waals surface area contributed by atoms with Crippen molar-refractivity contribution in [3.8, 4) is 0 Å². The highest BCUT2D eigenvalue weighted by Crippen LogP contribution is 2.64. The second-order valence-corrected chi connectivity index (χ2v) is 9.08. The first-order valence-corrected chi connectivity index (χ1v) is 9.75. The van der Waals surface area contributed by atoms with Gasteiger partial charge in [0, 0.05) is 6.42 Å². The summed E-state index contributed by atoms with van der Waals surface area (Å²) in [5, 5.41) is 0. The SMILES string of the molecule is CC1C2CC(CC(F)(F)C(F)(F)C(F)(F)C(F)(F)C(F)(F)C(F)(F)C(F)(F)C(F)F)C(C2)C1C. The molecule has 0 spiro atoms. The van der Waals surface area contributed by atoms with Crippen LogP contribution in [0.4, 0.5) is 70.2 Å². The normalized spacial score (nSPS) is 29.9. The van der Waals surface area contributed by atoms with Crippen molar-refractivity contribution in [3.05, 3.63) is 0 Å². The number of hydrogen-bond acceptors (Lipinski definition) is 0. The Labute approximate surface area is 182 Å². The maximum Gasteiger partial charge on any atom is 0.384 e. The van der Waals surface area contributed by atoms with E-state index in [1.54, 1.807) is 6.92 Å². The average Bonchev–Trinajstić information content (AvgIpc) is 3.19. The molecule has 2 rings (SSSR count). The van der Waals surface area contributed by atoms with Gasteiger partial charge in [-0.05, 0) is 42.4 Å². The van der Waals surface area contributed by atoms with Gasteiger partial charge in [-0.1, -0.05) is 13.8 Å². The van der Waals surface area contributed by atoms with Gasteiger partial charge < -0.3 is 0 Å². The smallest absolute Gasteiger partial charge is 0.203 e. The Balaban J connectivity index is 2.43. The third-order valence-electron chi connectivity index (χ3n) is 7.28. The van der Waals surface area contributed by atoms with Crippen molar-refractivity contribution in [2.24, 2.45) is 29.6 Å². The highest BCUT2D eigenvalue weighted by atomic mass is 19.4. The number of alkyl halides is 16. The molecule has 0 saturated heterocycles. The molecule has 16 heteroatoms. The molecule has 0 amide bonds. The van der Waals surface area contributed by atoms with Gasteiger partial charge in [0.05, 0.1) is 0 Å². The average molecular weight is 538 g/mol. The Bertz CT molecular complexity index is 755. The molecule has 2 aliphatic carbocycles. The van der Waals surface area contributed by atoms with Crippen LogP contribution in [0, 0.1) is 29.6 Å². The number of fused-ring (bicyclic) bond motifs is 2. The Morgan fingerprint density at radius 2 is 1.00 bits per heavy atom. The van der Waals surface area contributed by atoms with Crippen molar-refractivity contribution in [3.63, 3.8) is 0 Å². The largest absolute Gasteiger partial charge is 0.384 e. The molecule has 0 aromatic carbocycles. The fraction of sp³-hybridized carbons (Fsp3) is 1.00. The fourth-order valence-corrected chi connectivity index (χ4v) is 4.95. The number of halogens is 16. The summed E-state index contributed by atoms with van der Waals surface area (Å²) in [4.78, 5) is 0. The molecular formula is C18H18F16.